The fourth-order valence-electron chi connectivity index (χ4n) is 2.19. The number of fused-ring (bicyclic) bond motifs is 1. The van der Waals surface area contributed by atoms with Gasteiger partial charge in [-0.15, -0.1) is 0 Å². The van der Waals surface area contributed by atoms with Crippen LogP contribution in [0.4, 0.5) is 8.78 Å². The van der Waals surface area contributed by atoms with Gasteiger partial charge in [0, 0.05) is 16.1 Å². The lowest BCUT2D eigenvalue weighted by atomic mass is 9.99. The Kier molecular flexibility index (Phi) is 3.55. The molecular weight excluding hydrogens is 338 g/mol. The SMILES string of the molecule is O=C(c1ccc2cc(Br)ccc2c1)c1ccc(F)cc1F. The van der Waals surface area contributed by atoms with Crippen molar-refractivity contribution in [2.24, 2.45) is 0 Å². The summed E-state index contributed by atoms with van der Waals surface area (Å²) in [6.45, 7) is 0. The van der Waals surface area contributed by atoms with Crippen molar-refractivity contribution in [3.63, 3.8) is 0 Å². The van der Waals surface area contributed by atoms with Crippen LogP contribution in [0.2, 0.25) is 0 Å². The molecule has 0 aromatic heterocycles. The van der Waals surface area contributed by atoms with Crippen LogP contribution in [0.1, 0.15) is 15.9 Å². The highest BCUT2D eigenvalue weighted by molar-refractivity contribution is 9.10. The van der Waals surface area contributed by atoms with Gasteiger partial charge in [-0.2, -0.15) is 0 Å². The number of hydrogen-bond donors (Lipinski definition) is 0. The van der Waals surface area contributed by atoms with Crippen LogP contribution in [0.15, 0.2) is 59.1 Å². The first kappa shape index (κ1) is 13.9. The first-order valence-electron chi connectivity index (χ1n) is 6.24. The number of halogens is 3. The fraction of sp³-hybridized carbons (Fsp3) is 0. The third kappa shape index (κ3) is 2.72. The molecule has 3 rings (SSSR count). The number of ketones is 1. The molecule has 0 saturated heterocycles. The maximum absolute atomic E-state index is 13.7. The highest BCUT2D eigenvalue weighted by Gasteiger charge is 2.15. The average Bonchev–Trinajstić information content (AvgIpc) is 2.46. The van der Waals surface area contributed by atoms with Gasteiger partial charge in [-0.25, -0.2) is 8.78 Å². The summed E-state index contributed by atoms with van der Waals surface area (Å²) >= 11 is 3.38. The summed E-state index contributed by atoms with van der Waals surface area (Å²) in [7, 11) is 0. The number of carbonyl (C=O) groups excluding carboxylic acids is 1. The van der Waals surface area contributed by atoms with Crippen LogP contribution >= 0.6 is 15.9 Å². The summed E-state index contributed by atoms with van der Waals surface area (Å²) in [4.78, 5) is 12.3. The first-order chi connectivity index (χ1) is 10.0. The molecule has 0 spiro atoms. The van der Waals surface area contributed by atoms with Gasteiger partial charge in [0.2, 0.25) is 0 Å². The maximum atomic E-state index is 13.7. The van der Waals surface area contributed by atoms with Crippen molar-refractivity contribution in [3.8, 4) is 0 Å². The van der Waals surface area contributed by atoms with E-state index in [0.29, 0.717) is 11.6 Å². The molecule has 0 aliphatic carbocycles. The molecule has 0 fully saturated rings. The molecule has 3 aromatic rings. The van der Waals surface area contributed by atoms with E-state index in [4.69, 9.17) is 0 Å². The molecule has 0 heterocycles. The second-order valence-electron chi connectivity index (χ2n) is 4.66. The Morgan fingerprint density at radius 2 is 1.57 bits per heavy atom. The molecule has 0 unspecified atom stereocenters. The van der Waals surface area contributed by atoms with Crippen molar-refractivity contribution < 1.29 is 13.6 Å². The normalized spacial score (nSPS) is 10.8. The lowest BCUT2D eigenvalue weighted by molar-refractivity contribution is 0.103. The molecule has 104 valence electrons. The van der Waals surface area contributed by atoms with Crippen molar-refractivity contribution >= 4 is 32.5 Å². The van der Waals surface area contributed by atoms with Gasteiger partial charge in [0.25, 0.3) is 0 Å². The highest BCUT2D eigenvalue weighted by Crippen LogP contribution is 2.23. The fourth-order valence-corrected chi connectivity index (χ4v) is 2.57. The lowest BCUT2D eigenvalue weighted by Crippen LogP contribution is -2.04. The molecule has 0 aliphatic heterocycles. The van der Waals surface area contributed by atoms with E-state index in [0.717, 1.165) is 21.3 Å². The van der Waals surface area contributed by atoms with Crippen molar-refractivity contribution in [1.29, 1.82) is 0 Å². The van der Waals surface area contributed by atoms with E-state index in [1.807, 2.05) is 18.2 Å². The molecule has 0 radical (unpaired) electrons. The second-order valence-corrected chi connectivity index (χ2v) is 5.58. The van der Waals surface area contributed by atoms with Gasteiger partial charge < -0.3 is 0 Å². The summed E-state index contributed by atoms with van der Waals surface area (Å²) in [5.74, 6) is -2.01. The van der Waals surface area contributed by atoms with Crippen LogP contribution in [0, 0.1) is 11.6 Å². The summed E-state index contributed by atoms with van der Waals surface area (Å²) in [5, 5.41) is 1.85. The quantitative estimate of drug-likeness (QED) is 0.589. The molecule has 21 heavy (non-hydrogen) atoms. The highest BCUT2D eigenvalue weighted by atomic mass is 79.9. The first-order valence-corrected chi connectivity index (χ1v) is 7.03. The van der Waals surface area contributed by atoms with Gasteiger partial charge in [-0.1, -0.05) is 34.1 Å². The predicted octanol–water partition coefficient (Wildman–Crippen LogP) is 5.11. The number of hydrogen-bond acceptors (Lipinski definition) is 1. The molecule has 0 amide bonds. The standard InChI is InChI=1S/C17H9BrF2O/c18-13-4-3-10-7-12(2-1-11(10)8-13)17(21)15-6-5-14(19)9-16(15)20/h1-9H. The van der Waals surface area contributed by atoms with E-state index in [-0.39, 0.29) is 5.56 Å². The van der Waals surface area contributed by atoms with Crippen LogP contribution in [-0.4, -0.2) is 5.78 Å². The summed E-state index contributed by atoms with van der Waals surface area (Å²) in [5.41, 5.74) is 0.239. The molecule has 0 N–H and O–H groups in total. The minimum Gasteiger partial charge on any atom is -0.288 e. The molecule has 4 heteroatoms. The van der Waals surface area contributed by atoms with E-state index in [1.165, 1.54) is 6.07 Å². The monoisotopic (exact) mass is 346 g/mol. The van der Waals surface area contributed by atoms with Crippen LogP contribution < -0.4 is 0 Å². The molecule has 0 atom stereocenters. The van der Waals surface area contributed by atoms with Gasteiger partial charge >= 0.3 is 0 Å². The predicted molar refractivity (Wildman–Crippen MR) is 81.4 cm³/mol. The molecule has 3 aromatic carbocycles. The number of carbonyl (C=O) groups is 1. The van der Waals surface area contributed by atoms with Gasteiger partial charge in [-0.05, 0) is 41.1 Å². The van der Waals surface area contributed by atoms with Crippen molar-refractivity contribution in [1.82, 2.24) is 0 Å². The third-order valence-electron chi connectivity index (χ3n) is 3.24. The van der Waals surface area contributed by atoms with Crippen LogP contribution in [0.5, 0.6) is 0 Å². The molecule has 1 nitrogen and oxygen atoms in total. The van der Waals surface area contributed by atoms with Crippen molar-refractivity contribution in [2.75, 3.05) is 0 Å². The Morgan fingerprint density at radius 3 is 2.33 bits per heavy atom. The Bertz CT molecular complexity index is 859. The average molecular weight is 347 g/mol. The van der Waals surface area contributed by atoms with E-state index in [1.54, 1.807) is 18.2 Å². The van der Waals surface area contributed by atoms with Crippen LogP contribution in [-0.2, 0) is 0 Å². The van der Waals surface area contributed by atoms with Crippen molar-refractivity contribution in [3.05, 3.63) is 81.8 Å². The largest absolute Gasteiger partial charge is 0.288 e. The van der Waals surface area contributed by atoms with Gasteiger partial charge in [0.1, 0.15) is 11.6 Å². The second kappa shape index (κ2) is 5.37. The van der Waals surface area contributed by atoms with Gasteiger partial charge in [-0.3, -0.25) is 4.79 Å². The molecule has 0 saturated carbocycles. The smallest absolute Gasteiger partial charge is 0.195 e. The zero-order valence-corrected chi connectivity index (χ0v) is 12.3. The zero-order chi connectivity index (χ0) is 15.0. The maximum Gasteiger partial charge on any atom is 0.195 e. The minimum atomic E-state index is -0.851. The Labute approximate surface area is 128 Å². The van der Waals surface area contributed by atoms with E-state index in [9.17, 15) is 13.6 Å². The molecular formula is C17H9BrF2O. The van der Waals surface area contributed by atoms with Crippen LogP contribution in [0.25, 0.3) is 10.8 Å². The Balaban J connectivity index is 2.07. The summed E-state index contributed by atoms with van der Waals surface area (Å²) < 4.78 is 27.5. The molecule has 0 bridgehead atoms. The minimum absolute atomic E-state index is 0.132. The van der Waals surface area contributed by atoms with Gasteiger partial charge in [0.05, 0.1) is 5.56 Å². The lowest BCUT2D eigenvalue weighted by Gasteiger charge is -2.05. The molecule has 0 aliphatic rings. The Hall–Kier alpha value is -2.07. The third-order valence-corrected chi connectivity index (χ3v) is 3.73. The van der Waals surface area contributed by atoms with E-state index in [2.05, 4.69) is 15.9 Å². The van der Waals surface area contributed by atoms with E-state index < -0.39 is 17.4 Å². The number of benzene rings is 3. The Morgan fingerprint density at radius 1 is 0.857 bits per heavy atom. The van der Waals surface area contributed by atoms with Gasteiger partial charge in [0.15, 0.2) is 5.78 Å². The summed E-state index contributed by atoms with van der Waals surface area (Å²) in [6, 6.07) is 13.8. The van der Waals surface area contributed by atoms with Crippen LogP contribution in [0.3, 0.4) is 0 Å². The topological polar surface area (TPSA) is 17.1 Å². The number of rotatable bonds is 2. The van der Waals surface area contributed by atoms with E-state index >= 15 is 0 Å². The zero-order valence-electron chi connectivity index (χ0n) is 10.7. The van der Waals surface area contributed by atoms with Crippen molar-refractivity contribution in [2.45, 2.75) is 0 Å². The summed E-state index contributed by atoms with van der Waals surface area (Å²) in [6.07, 6.45) is 0.